The smallest absolute Gasteiger partial charge is 0.290 e. The first kappa shape index (κ1) is 27.1. The number of aliphatic hydroxyl groups excluding tert-OH is 1. The van der Waals surface area contributed by atoms with Crippen molar-refractivity contribution >= 4 is 23.0 Å². The predicted octanol–water partition coefficient (Wildman–Crippen LogP) is 6.69. The summed E-state index contributed by atoms with van der Waals surface area (Å²) >= 11 is 1.26. The second-order valence-corrected chi connectivity index (χ2v) is 10.5. The standard InChI is InChI=1S/C32H30N2O5S/c1-4-17-34-27(23-15-16-24(38-3)25(18-23)39-19-21-11-7-5-8-12-21)26(29(36)32(34)37)28(35)30-20(2)33-31(40-30)22-13-9-6-10-14-22/h5-16,18,27,36H,4,17,19H2,1-3H3. The van der Waals surface area contributed by atoms with Crippen LogP contribution in [0.2, 0.25) is 0 Å². The van der Waals surface area contributed by atoms with E-state index in [4.69, 9.17) is 9.47 Å². The number of benzene rings is 3. The van der Waals surface area contributed by atoms with E-state index >= 15 is 0 Å². The van der Waals surface area contributed by atoms with Gasteiger partial charge >= 0.3 is 0 Å². The maximum atomic E-state index is 14.0. The number of thiazole rings is 1. The van der Waals surface area contributed by atoms with E-state index in [1.54, 1.807) is 37.1 Å². The number of amides is 1. The number of hydrogen-bond acceptors (Lipinski definition) is 7. The molecule has 0 bridgehead atoms. The highest BCUT2D eigenvalue weighted by Gasteiger charge is 2.44. The van der Waals surface area contributed by atoms with Crippen LogP contribution in [0.25, 0.3) is 10.6 Å². The van der Waals surface area contributed by atoms with E-state index < -0.39 is 23.5 Å². The Labute approximate surface area is 237 Å². The fourth-order valence-electron chi connectivity index (χ4n) is 4.85. The molecular formula is C32H30N2O5S. The Morgan fingerprint density at radius 2 is 1.73 bits per heavy atom. The number of ether oxygens (including phenoxy) is 2. The Hall–Kier alpha value is -4.43. The minimum Gasteiger partial charge on any atom is -0.503 e. The molecule has 4 aromatic rings. The zero-order valence-corrected chi connectivity index (χ0v) is 23.4. The molecule has 5 rings (SSSR count). The molecule has 0 radical (unpaired) electrons. The van der Waals surface area contributed by atoms with Gasteiger partial charge in [-0.25, -0.2) is 4.98 Å². The molecule has 0 spiro atoms. The second kappa shape index (κ2) is 11.8. The predicted molar refractivity (Wildman–Crippen MR) is 155 cm³/mol. The number of rotatable bonds is 10. The first-order valence-corrected chi connectivity index (χ1v) is 13.9. The van der Waals surface area contributed by atoms with Crippen molar-refractivity contribution in [3.05, 3.63) is 112 Å². The summed E-state index contributed by atoms with van der Waals surface area (Å²) < 4.78 is 11.6. The van der Waals surface area contributed by atoms with Gasteiger partial charge in [0.1, 0.15) is 11.6 Å². The Morgan fingerprint density at radius 1 is 1.02 bits per heavy atom. The third-order valence-electron chi connectivity index (χ3n) is 6.78. The third kappa shape index (κ3) is 5.22. The molecule has 0 fully saturated rings. The number of aromatic nitrogens is 1. The van der Waals surface area contributed by atoms with E-state index in [-0.39, 0.29) is 5.57 Å². The summed E-state index contributed by atoms with van der Waals surface area (Å²) in [5, 5.41) is 11.8. The molecule has 40 heavy (non-hydrogen) atoms. The van der Waals surface area contributed by atoms with Gasteiger partial charge in [0.05, 0.1) is 29.3 Å². The summed E-state index contributed by atoms with van der Waals surface area (Å²) in [5.41, 5.74) is 3.13. The minimum atomic E-state index is -0.786. The number of hydrogen-bond donors (Lipinski definition) is 1. The number of carbonyl (C=O) groups is 2. The maximum Gasteiger partial charge on any atom is 0.290 e. The fourth-order valence-corrected chi connectivity index (χ4v) is 5.87. The summed E-state index contributed by atoms with van der Waals surface area (Å²) in [5.74, 6) is -0.498. The molecule has 3 aromatic carbocycles. The Bertz CT molecular complexity index is 1560. The molecule has 8 heteroatoms. The Kier molecular flexibility index (Phi) is 7.98. The highest BCUT2D eigenvalue weighted by molar-refractivity contribution is 7.17. The minimum absolute atomic E-state index is 0.0454. The normalized spacial score (nSPS) is 15.0. The van der Waals surface area contributed by atoms with Crippen molar-refractivity contribution in [3.8, 4) is 22.1 Å². The average molecular weight is 555 g/mol. The molecule has 0 saturated heterocycles. The van der Waals surface area contributed by atoms with Crippen LogP contribution in [-0.2, 0) is 11.4 Å². The van der Waals surface area contributed by atoms with Gasteiger partial charge in [-0.3, -0.25) is 9.59 Å². The van der Waals surface area contributed by atoms with Crippen LogP contribution >= 0.6 is 11.3 Å². The molecule has 1 aromatic heterocycles. The van der Waals surface area contributed by atoms with E-state index in [9.17, 15) is 14.7 Å². The number of nitrogens with zero attached hydrogens (tertiary/aromatic N) is 2. The van der Waals surface area contributed by atoms with Gasteiger partial charge in [0.2, 0.25) is 5.78 Å². The largest absolute Gasteiger partial charge is 0.503 e. The van der Waals surface area contributed by atoms with Gasteiger partial charge in [0, 0.05) is 12.1 Å². The van der Waals surface area contributed by atoms with Gasteiger partial charge < -0.3 is 19.5 Å². The van der Waals surface area contributed by atoms with Crippen LogP contribution in [0.3, 0.4) is 0 Å². The summed E-state index contributed by atoms with van der Waals surface area (Å²) in [4.78, 5) is 33.8. The van der Waals surface area contributed by atoms with Crippen molar-refractivity contribution in [1.29, 1.82) is 0 Å². The van der Waals surface area contributed by atoms with Crippen molar-refractivity contribution < 1.29 is 24.2 Å². The molecule has 2 heterocycles. The molecule has 1 atom stereocenters. The zero-order valence-electron chi connectivity index (χ0n) is 22.6. The average Bonchev–Trinajstić information content (AvgIpc) is 3.49. The van der Waals surface area contributed by atoms with E-state index in [1.807, 2.05) is 67.6 Å². The highest BCUT2D eigenvalue weighted by atomic mass is 32.1. The molecule has 1 unspecified atom stereocenters. The molecule has 1 aliphatic heterocycles. The van der Waals surface area contributed by atoms with Crippen LogP contribution in [0.15, 0.2) is 90.2 Å². The lowest BCUT2D eigenvalue weighted by Crippen LogP contribution is -2.31. The highest BCUT2D eigenvalue weighted by Crippen LogP contribution is 2.43. The van der Waals surface area contributed by atoms with Gasteiger partial charge in [-0.05, 0) is 36.6 Å². The molecule has 1 N–H and O–H groups in total. The van der Waals surface area contributed by atoms with Crippen molar-refractivity contribution in [2.75, 3.05) is 13.7 Å². The monoisotopic (exact) mass is 554 g/mol. The van der Waals surface area contributed by atoms with Crippen LogP contribution in [0.1, 0.15) is 45.9 Å². The lowest BCUT2D eigenvalue weighted by molar-refractivity contribution is -0.129. The number of aryl methyl sites for hydroxylation is 1. The van der Waals surface area contributed by atoms with Gasteiger partial charge in [-0.2, -0.15) is 0 Å². The van der Waals surface area contributed by atoms with Gasteiger partial charge in [-0.1, -0.05) is 73.7 Å². The molecule has 1 amide bonds. The number of methoxy groups -OCH3 is 1. The molecular weight excluding hydrogens is 524 g/mol. The van der Waals surface area contributed by atoms with E-state index in [2.05, 4.69) is 4.98 Å². The van der Waals surface area contributed by atoms with Crippen LogP contribution in [0.5, 0.6) is 11.5 Å². The fraction of sp³-hybridized carbons (Fsp3) is 0.219. The first-order chi connectivity index (χ1) is 19.4. The number of aliphatic hydroxyl groups is 1. The Morgan fingerprint density at radius 3 is 2.40 bits per heavy atom. The Balaban J connectivity index is 1.54. The molecule has 0 saturated carbocycles. The van der Waals surface area contributed by atoms with E-state index in [0.717, 1.165) is 11.1 Å². The number of Topliss-reactive ketones (excluding diaryl/α,β-unsaturated/α-hetero) is 1. The van der Waals surface area contributed by atoms with Gasteiger partial charge in [-0.15, -0.1) is 11.3 Å². The topological polar surface area (TPSA) is 89.0 Å². The van der Waals surface area contributed by atoms with E-state index in [0.29, 0.717) is 52.2 Å². The maximum absolute atomic E-state index is 14.0. The van der Waals surface area contributed by atoms with Crippen LogP contribution in [0.4, 0.5) is 0 Å². The number of ketones is 1. The van der Waals surface area contributed by atoms with Crippen LogP contribution < -0.4 is 9.47 Å². The lowest BCUT2D eigenvalue weighted by Gasteiger charge is -2.27. The van der Waals surface area contributed by atoms with Crippen molar-refractivity contribution in [1.82, 2.24) is 9.88 Å². The quantitative estimate of drug-likeness (QED) is 0.220. The summed E-state index contributed by atoms with van der Waals surface area (Å²) in [7, 11) is 1.56. The molecule has 7 nitrogen and oxygen atoms in total. The van der Waals surface area contributed by atoms with Crippen molar-refractivity contribution in [3.63, 3.8) is 0 Å². The van der Waals surface area contributed by atoms with Crippen LogP contribution in [0, 0.1) is 6.92 Å². The first-order valence-electron chi connectivity index (χ1n) is 13.1. The lowest BCUT2D eigenvalue weighted by atomic mass is 9.94. The van der Waals surface area contributed by atoms with E-state index in [1.165, 1.54) is 11.3 Å². The number of carbonyl (C=O) groups excluding carboxylic acids is 2. The van der Waals surface area contributed by atoms with Crippen molar-refractivity contribution in [2.45, 2.75) is 32.9 Å². The molecule has 1 aliphatic rings. The summed E-state index contributed by atoms with van der Waals surface area (Å²) in [6.45, 7) is 4.40. The van der Waals surface area contributed by atoms with Gasteiger partial charge in [0.15, 0.2) is 17.3 Å². The third-order valence-corrected chi connectivity index (χ3v) is 7.98. The zero-order chi connectivity index (χ0) is 28.2. The van der Waals surface area contributed by atoms with Crippen molar-refractivity contribution in [2.24, 2.45) is 0 Å². The second-order valence-electron chi connectivity index (χ2n) is 9.48. The molecule has 0 aliphatic carbocycles. The summed E-state index contributed by atoms with van der Waals surface area (Å²) in [6, 6.07) is 23.9. The van der Waals surface area contributed by atoms with Crippen LogP contribution in [-0.4, -0.2) is 40.3 Å². The van der Waals surface area contributed by atoms with Gasteiger partial charge in [0.25, 0.3) is 5.91 Å². The SMILES string of the molecule is CCCN1C(=O)C(O)=C(C(=O)c2sc(-c3ccccc3)nc2C)C1c1ccc(OC)c(OCc2ccccc2)c1. The molecule has 204 valence electrons. The summed E-state index contributed by atoms with van der Waals surface area (Å²) in [6.07, 6.45) is 0.655.